The Hall–Kier alpha value is -2.26. The van der Waals surface area contributed by atoms with Crippen LogP contribution < -0.4 is 10.2 Å². The maximum Gasteiger partial charge on any atom is 0.315 e. The number of aliphatic hydroxyl groups is 1. The first-order valence-corrected chi connectivity index (χ1v) is 20.1. The van der Waals surface area contributed by atoms with E-state index in [-0.39, 0.29) is 48.4 Å². The molecule has 1 aromatic carbocycles. The van der Waals surface area contributed by atoms with Crippen LogP contribution in [-0.4, -0.2) is 92.0 Å². The number of allylic oxidation sites excluding steroid dienone is 1. The monoisotopic (exact) mass is 689 g/mol. The summed E-state index contributed by atoms with van der Waals surface area (Å²) >= 11 is 0. The van der Waals surface area contributed by atoms with Gasteiger partial charge in [-0.15, -0.1) is 0 Å². The van der Waals surface area contributed by atoms with Crippen LogP contribution in [0, 0.1) is 57.7 Å². The molecule has 0 amide bonds. The molecule has 5 fully saturated rings. The lowest BCUT2D eigenvalue weighted by Gasteiger charge is -2.60. The van der Waals surface area contributed by atoms with Gasteiger partial charge in [0.15, 0.2) is 0 Å². The lowest BCUT2D eigenvalue weighted by molar-refractivity contribution is -0.200. The van der Waals surface area contributed by atoms with Gasteiger partial charge in [-0.2, -0.15) is 0 Å². The van der Waals surface area contributed by atoms with Gasteiger partial charge in [0.2, 0.25) is 0 Å². The van der Waals surface area contributed by atoms with Crippen molar-refractivity contribution in [1.29, 1.82) is 0 Å². The number of hydrogen-bond acceptors (Lipinski definition) is 7. The molecule has 0 spiro atoms. The molecule has 0 aromatic heterocycles. The number of rotatable bonds is 13. The first-order chi connectivity index (χ1) is 24.1. The molecule has 2 aliphatic heterocycles. The fourth-order valence-corrected chi connectivity index (χ4v) is 12.8. The minimum atomic E-state index is -1.28. The average Bonchev–Trinajstić information content (AvgIpc) is 3.76. The third-order valence-corrected chi connectivity index (χ3v) is 15.2. The van der Waals surface area contributed by atoms with E-state index in [9.17, 15) is 19.8 Å². The van der Waals surface area contributed by atoms with E-state index in [1.165, 1.54) is 37.8 Å². The number of nitrogens with one attached hydrogen (secondary N) is 1. The number of anilines is 1. The molecule has 3 unspecified atom stereocenters. The van der Waals surface area contributed by atoms with Gasteiger partial charge in [-0.1, -0.05) is 89.6 Å². The zero-order chi connectivity index (χ0) is 35.3. The standard InChI is InChI=1S/C42H63N3O5/c1-28(2)36-21-32-23-40(27-47)30(4)35(29(3)26-46)24-41(32,42(36,40)39(48)49)38-22-34(31-11-7-5-8-12-31)37(50-38)25-43-15-16-44-17-19-45(20-18-44)33-13-9-6-10-14-33/h6,9-10,13-14,21,27-32,34-35,37-38,43,46H,5,7-8,11-12,15-20,22-26H2,1-4H3,(H,48,49)/t29-,30-,32?,34+,35-,37+,38-,40?,41?,42+/m1/s1. The van der Waals surface area contributed by atoms with Crippen molar-refractivity contribution >= 4 is 17.9 Å². The van der Waals surface area contributed by atoms with Crippen molar-refractivity contribution in [3.8, 4) is 0 Å². The molecule has 6 aliphatic rings. The number of carbonyl (C=O) groups excluding carboxylic acids is 1. The van der Waals surface area contributed by atoms with Crippen molar-refractivity contribution in [3.05, 3.63) is 42.0 Å². The first-order valence-electron chi connectivity index (χ1n) is 20.1. The number of piperazine rings is 1. The normalized spacial score (nSPS) is 39.6. The van der Waals surface area contributed by atoms with Gasteiger partial charge in [0.05, 0.1) is 12.2 Å². The number of para-hydroxylation sites is 1. The lowest BCUT2D eigenvalue weighted by Crippen LogP contribution is -2.66. The second-order valence-electron chi connectivity index (χ2n) is 17.5. The summed E-state index contributed by atoms with van der Waals surface area (Å²) < 4.78 is 7.36. The van der Waals surface area contributed by atoms with E-state index >= 15 is 0 Å². The van der Waals surface area contributed by atoms with Crippen molar-refractivity contribution in [2.45, 2.75) is 91.3 Å². The maximum atomic E-state index is 14.1. The SMILES string of the molecule is CC(C)C1=CC2CC3(C=O)[C@H](C)[C@@H]([C@H](C)CO)CC2([C@H]2C[C@@H](C4CCCCC4)[C@H](CNCCN4CCN(c5ccccc5)CC4)O2)[C@]13C(=O)O. The van der Waals surface area contributed by atoms with E-state index in [0.29, 0.717) is 24.7 Å². The highest BCUT2D eigenvalue weighted by Gasteiger charge is 2.85. The van der Waals surface area contributed by atoms with Gasteiger partial charge in [0.1, 0.15) is 11.7 Å². The molecule has 50 heavy (non-hydrogen) atoms. The summed E-state index contributed by atoms with van der Waals surface area (Å²) in [6, 6.07) is 10.7. The Morgan fingerprint density at radius 1 is 1.06 bits per heavy atom. The fraction of sp³-hybridized carbons (Fsp3) is 0.762. The summed E-state index contributed by atoms with van der Waals surface area (Å²) in [7, 11) is 0. The van der Waals surface area contributed by atoms with Crippen LogP contribution in [0.25, 0.3) is 0 Å². The van der Waals surface area contributed by atoms with E-state index in [1.54, 1.807) is 0 Å². The molecule has 4 bridgehead atoms. The number of aldehydes is 1. The summed E-state index contributed by atoms with van der Waals surface area (Å²) in [5.74, 6) is 0.0416. The Kier molecular flexibility index (Phi) is 10.3. The number of aliphatic carboxylic acids is 1. The van der Waals surface area contributed by atoms with Gasteiger partial charge in [-0.25, -0.2) is 0 Å². The maximum absolute atomic E-state index is 14.1. The number of ether oxygens (including phenoxy) is 1. The van der Waals surface area contributed by atoms with Gasteiger partial charge in [-0.3, -0.25) is 9.69 Å². The van der Waals surface area contributed by atoms with Crippen molar-refractivity contribution in [1.82, 2.24) is 10.2 Å². The van der Waals surface area contributed by atoms with Crippen LogP contribution in [0.5, 0.6) is 0 Å². The molecule has 3 saturated carbocycles. The summed E-state index contributed by atoms with van der Waals surface area (Å²) in [4.78, 5) is 32.7. The van der Waals surface area contributed by atoms with Gasteiger partial charge >= 0.3 is 5.97 Å². The van der Waals surface area contributed by atoms with Crippen molar-refractivity contribution < 1.29 is 24.5 Å². The Balaban J connectivity index is 1.12. The molecule has 2 saturated heterocycles. The summed E-state index contributed by atoms with van der Waals surface area (Å²) in [5, 5.41) is 25.8. The van der Waals surface area contributed by atoms with E-state index in [1.807, 2.05) is 0 Å². The van der Waals surface area contributed by atoms with E-state index in [0.717, 1.165) is 64.1 Å². The quantitative estimate of drug-likeness (QED) is 0.134. The number of hydrogen-bond donors (Lipinski definition) is 3. The summed E-state index contributed by atoms with van der Waals surface area (Å²) in [6.45, 7) is 15.3. The minimum absolute atomic E-state index is 0.0159. The predicted octanol–water partition coefficient (Wildman–Crippen LogP) is 5.90. The smallest absolute Gasteiger partial charge is 0.315 e. The molecule has 2 heterocycles. The second kappa shape index (κ2) is 14.3. The molecule has 7 rings (SSSR count). The fourth-order valence-electron chi connectivity index (χ4n) is 12.8. The van der Waals surface area contributed by atoms with Gasteiger partial charge in [-0.05, 0) is 72.8 Å². The zero-order valence-corrected chi connectivity index (χ0v) is 31.1. The number of carboxylic acids is 1. The Morgan fingerprint density at radius 3 is 2.42 bits per heavy atom. The Labute approximate surface area is 300 Å². The van der Waals surface area contributed by atoms with Crippen LogP contribution in [0.1, 0.15) is 79.1 Å². The zero-order valence-electron chi connectivity index (χ0n) is 31.1. The second-order valence-corrected chi connectivity index (χ2v) is 17.5. The largest absolute Gasteiger partial charge is 0.481 e. The highest BCUT2D eigenvalue weighted by atomic mass is 16.5. The number of nitrogens with zero attached hydrogens (tertiary/aromatic N) is 2. The summed E-state index contributed by atoms with van der Waals surface area (Å²) in [5.41, 5.74) is -0.730. The highest BCUT2D eigenvalue weighted by Crippen LogP contribution is 2.83. The van der Waals surface area contributed by atoms with Crippen molar-refractivity contribution in [2.24, 2.45) is 57.7 Å². The van der Waals surface area contributed by atoms with Crippen LogP contribution in [0.2, 0.25) is 0 Å². The molecular weight excluding hydrogens is 626 g/mol. The lowest BCUT2D eigenvalue weighted by atomic mass is 9.41. The third kappa shape index (κ3) is 5.44. The van der Waals surface area contributed by atoms with E-state index in [2.05, 4.69) is 79.2 Å². The summed E-state index contributed by atoms with van der Waals surface area (Å²) in [6.07, 6.45) is 11.5. The predicted molar refractivity (Wildman–Crippen MR) is 197 cm³/mol. The average molecular weight is 690 g/mol. The molecular formula is C42H63N3O5. The van der Waals surface area contributed by atoms with E-state index in [4.69, 9.17) is 4.74 Å². The molecule has 10 atom stereocenters. The van der Waals surface area contributed by atoms with E-state index < -0.39 is 22.2 Å². The van der Waals surface area contributed by atoms with Gasteiger partial charge < -0.3 is 30.0 Å². The van der Waals surface area contributed by atoms with Crippen molar-refractivity contribution in [2.75, 3.05) is 57.3 Å². The Morgan fingerprint density at radius 2 is 1.78 bits per heavy atom. The molecule has 3 N–H and O–H groups in total. The first kappa shape index (κ1) is 36.1. The van der Waals surface area contributed by atoms with Crippen LogP contribution >= 0.6 is 0 Å². The van der Waals surface area contributed by atoms with Gasteiger partial charge in [0.25, 0.3) is 0 Å². The van der Waals surface area contributed by atoms with Crippen LogP contribution in [0.15, 0.2) is 42.0 Å². The molecule has 1 aromatic rings. The van der Waals surface area contributed by atoms with Gasteiger partial charge in [0, 0.05) is 68.9 Å². The number of carbonyl (C=O) groups is 2. The van der Waals surface area contributed by atoms with Crippen LogP contribution in [0.4, 0.5) is 5.69 Å². The molecule has 0 radical (unpaired) electrons. The number of aliphatic hydroxyl groups excluding tert-OH is 1. The van der Waals surface area contributed by atoms with Crippen LogP contribution in [0.3, 0.4) is 0 Å². The molecule has 276 valence electrons. The molecule has 8 nitrogen and oxygen atoms in total. The number of benzene rings is 1. The van der Waals surface area contributed by atoms with Crippen molar-refractivity contribution in [3.63, 3.8) is 0 Å². The third-order valence-electron chi connectivity index (χ3n) is 15.2. The highest BCUT2D eigenvalue weighted by molar-refractivity contribution is 5.90. The minimum Gasteiger partial charge on any atom is -0.481 e. The number of carboxylic acid groups (broad SMARTS) is 1. The topological polar surface area (TPSA) is 102 Å². The molecule has 4 aliphatic carbocycles. The molecule has 8 heteroatoms. The van der Waals surface area contributed by atoms with Crippen LogP contribution in [-0.2, 0) is 14.3 Å². The Bertz CT molecular complexity index is 1390.